The third-order valence-electron chi connectivity index (χ3n) is 4.55. The highest BCUT2D eigenvalue weighted by Gasteiger charge is 2.15. The van der Waals surface area contributed by atoms with Gasteiger partial charge in [0.15, 0.2) is 6.54 Å². The number of aromatic nitrogens is 1. The van der Waals surface area contributed by atoms with E-state index in [1.54, 1.807) is 11.3 Å². The van der Waals surface area contributed by atoms with Gasteiger partial charge in [0.25, 0.3) is 5.91 Å². The number of rotatable bonds is 6. The topological polar surface area (TPSA) is 46.4 Å². The number of thiazole rings is 1. The van der Waals surface area contributed by atoms with Crippen molar-refractivity contribution in [3.63, 3.8) is 0 Å². The van der Waals surface area contributed by atoms with Gasteiger partial charge in [0.2, 0.25) is 0 Å². The van der Waals surface area contributed by atoms with Gasteiger partial charge in [-0.2, -0.15) is 0 Å². The fraction of sp³-hybridized carbons (Fsp3) is 0.273. The number of likely N-dealkylation sites (N-methyl/N-ethyl adjacent to an activating group) is 1. The van der Waals surface area contributed by atoms with Crippen LogP contribution in [0.3, 0.4) is 0 Å². The van der Waals surface area contributed by atoms with Crippen LogP contribution in [0.5, 0.6) is 0 Å². The number of nitrogens with one attached hydrogen (secondary N) is 2. The summed E-state index contributed by atoms with van der Waals surface area (Å²) in [6, 6.07) is 11.9. The van der Waals surface area contributed by atoms with E-state index in [2.05, 4.69) is 24.4 Å². The molecule has 1 aromatic heterocycles. The molecular formula is C22H25ClN3OS+. The van der Waals surface area contributed by atoms with Crippen molar-refractivity contribution in [3.8, 4) is 11.3 Å². The van der Waals surface area contributed by atoms with Crippen LogP contribution < -0.4 is 10.2 Å². The van der Waals surface area contributed by atoms with E-state index in [1.807, 2.05) is 50.5 Å². The van der Waals surface area contributed by atoms with E-state index in [-0.39, 0.29) is 5.91 Å². The number of benzene rings is 2. The number of halogens is 1. The summed E-state index contributed by atoms with van der Waals surface area (Å²) in [6.45, 7) is 7.22. The van der Waals surface area contributed by atoms with Gasteiger partial charge >= 0.3 is 0 Å². The second kappa shape index (κ2) is 8.86. The summed E-state index contributed by atoms with van der Waals surface area (Å²) in [7, 11) is 2.01. The molecule has 0 aliphatic rings. The van der Waals surface area contributed by atoms with E-state index in [0.717, 1.165) is 38.0 Å². The number of hydrogen-bond donors (Lipinski definition) is 2. The van der Waals surface area contributed by atoms with Crippen molar-refractivity contribution in [1.29, 1.82) is 0 Å². The number of carbonyl (C=O) groups is 1. The lowest BCUT2D eigenvalue weighted by Gasteiger charge is -2.15. The SMILES string of the molecule is Cc1cc(C)c(NC(=O)C[NH+](C)Cc2nc(-c3ccc(Cl)cc3)cs2)c(C)c1. The molecule has 0 aliphatic carbocycles. The predicted octanol–water partition coefficient (Wildman–Crippen LogP) is 4.04. The second-order valence-electron chi connectivity index (χ2n) is 7.27. The molecule has 28 heavy (non-hydrogen) atoms. The Labute approximate surface area is 175 Å². The molecule has 3 rings (SSSR count). The molecule has 1 amide bonds. The van der Waals surface area contributed by atoms with Crippen LogP contribution in [0.15, 0.2) is 41.8 Å². The van der Waals surface area contributed by atoms with Crippen LogP contribution in [0.1, 0.15) is 21.7 Å². The molecule has 2 N–H and O–H groups in total. The number of nitrogens with zero attached hydrogens (tertiary/aromatic N) is 1. The molecule has 0 saturated heterocycles. The first kappa shape index (κ1) is 20.5. The summed E-state index contributed by atoms with van der Waals surface area (Å²) in [5.74, 6) is 0.0158. The van der Waals surface area contributed by atoms with Crippen LogP contribution in [-0.4, -0.2) is 24.5 Å². The van der Waals surface area contributed by atoms with Crippen molar-refractivity contribution in [2.75, 3.05) is 18.9 Å². The maximum absolute atomic E-state index is 12.5. The van der Waals surface area contributed by atoms with Crippen molar-refractivity contribution in [2.45, 2.75) is 27.3 Å². The molecule has 1 heterocycles. The summed E-state index contributed by atoms with van der Waals surface area (Å²) in [6.07, 6.45) is 0. The van der Waals surface area contributed by atoms with E-state index in [1.165, 1.54) is 5.56 Å². The first-order valence-electron chi connectivity index (χ1n) is 9.21. The number of aryl methyl sites for hydroxylation is 3. The molecule has 0 bridgehead atoms. The van der Waals surface area contributed by atoms with Gasteiger partial charge < -0.3 is 10.2 Å². The summed E-state index contributed by atoms with van der Waals surface area (Å²) in [5, 5.41) is 6.84. The molecule has 2 aromatic carbocycles. The number of quaternary nitrogens is 1. The number of anilines is 1. The molecule has 0 saturated carbocycles. The quantitative estimate of drug-likeness (QED) is 0.639. The van der Waals surface area contributed by atoms with Crippen molar-refractivity contribution in [1.82, 2.24) is 4.98 Å². The van der Waals surface area contributed by atoms with Crippen LogP contribution >= 0.6 is 22.9 Å². The standard InChI is InChI=1S/C22H24ClN3OS/c1-14-9-15(2)22(16(3)10-14)25-20(27)11-26(4)12-21-24-19(13-28-21)17-5-7-18(23)8-6-17/h5-10,13H,11-12H2,1-4H3,(H,25,27)/p+1. The third-order valence-corrected chi connectivity index (χ3v) is 5.65. The zero-order chi connectivity index (χ0) is 20.3. The monoisotopic (exact) mass is 414 g/mol. The van der Waals surface area contributed by atoms with Gasteiger partial charge in [-0.15, -0.1) is 11.3 Å². The van der Waals surface area contributed by atoms with Gasteiger partial charge in [0.1, 0.15) is 11.6 Å². The largest absolute Gasteiger partial charge is 0.324 e. The number of carbonyl (C=O) groups excluding carboxylic acids is 1. The van der Waals surface area contributed by atoms with Gasteiger partial charge in [0.05, 0.1) is 12.7 Å². The van der Waals surface area contributed by atoms with E-state index < -0.39 is 0 Å². The fourth-order valence-electron chi connectivity index (χ4n) is 3.30. The first-order valence-corrected chi connectivity index (χ1v) is 10.5. The van der Waals surface area contributed by atoms with E-state index in [4.69, 9.17) is 16.6 Å². The molecule has 0 fully saturated rings. The summed E-state index contributed by atoms with van der Waals surface area (Å²) >= 11 is 7.57. The Hall–Kier alpha value is -2.21. The van der Waals surface area contributed by atoms with E-state index in [0.29, 0.717) is 18.1 Å². The Morgan fingerprint density at radius 1 is 1.14 bits per heavy atom. The lowest BCUT2D eigenvalue weighted by Crippen LogP contribution is -3.08. The number of hydrogen-bond acceptors (Lipinski definition) is 3. The van der Waals surface area contributed by atoms with Crippen LogP contribution in [0, 0.1) is 20.8 Å². The van der Waals surface area contributed by atoms with Gasteiger partial charge in [-0.1, -0.05) is 41.4 Å². The van der Waals surface area contributed by atoms with Crippen LogP contribution in [0.2, 0.25) is 5.02 Å². The van der Waals surface area contributed by atoms with E-state index in [9.17, 15) is 4.79 Å². The average Bonchev–Trinajstić information content (AvgIpc) is 3.07. The summed E-state index contributed by atoms with van der Waals surface area (Å²) in [4.78, 5) is 18.3. The normalized spacial score (nSPS) is 12.0. The maximum atomic E-state index is 12.5. The molecular weight excluding hydrogens is 390 g/mol. The minimum Gasteiger partial charge on any atom is -0.324 e. The molecule has 0 spiro atoms. The van der Waals surface area contributed by atoms with Crippen LogP contribution in [0.4, 0.5) is 5.69 Å². The average molecular weight is 415 g/mol. The van der Waals surface area contributed by atoms with Crippen molar-refractivity contribution in [3.05, 3.63) is 68.5 Å². The molecule has 0 aliphatic heterocycles. The van der Waals surface area contributed by atoms with Crippen molar-refractivity contribution >= 4 is 34.5 Å². The zero-order valence-corrected chi connectivity index (χ0v) is 18.2. The Morgan fingerprint density at radius 3 is 2.43 bits per heavy atom. The van der Waals surface area contributed by atoms with E-state index >= 15 is 0 Å². The second-order valence-corrected chi connectivity index (χ2v) is 8.65. The molecule has 1 atom stereocenters. The van der Waals surface area contributed by atoms with Gasteiger partial charge in [-0.05, 0) is 44.0 Å². The van der Waals surface area contributed by atoms with Gasteiger partial charge in [-0.25, -0.2) is 4.98 Å². The maximum Gasteiger partial charge on any atom is 0.279 e. The van der Waals surface area contributed by atoms with Crippen LogP contribution in [-0.2, 0) is 11.3 Å². The molecule has 0 radical (unpaired) electrons. The number of amides is 1. The minimum absolute atomic E-state index is 0.0158. The Balaban J connectivity index is 1.59. The lowest BCUT2D eigenvalue weighted by molar-refractivity contribution is -0.885. The molecule has 6 heteroatoms. The van der Waals surface area contributed by atoms with Crippen molar-refractivity contribution in [2.24, 2.45) is 0 Å². The highest BCUT2D eigenvalue weighted by Crippen LogP contribution is 2.23. The summed E-state index contributed by atoms with van der Waals surface area (Å²) < 4.78 is 0. The van der Waals surface area contributed by atoms with Gasteiger partial charge in [0, 0.05) is 21.7 Å². The molecule has 4 nitrogen and oxygen atoms in total. The Kier molecular flexibility index (Phi) is 6.50. The smallest absolute Gasteiger partial charge is 0.279 e. The van der Waals surface area contributed by atoms with Crippen LogP contribution in [0.25, 0.3) is 11.3 Å². The zero-order valence-electron chi connectivity index (χ0n) is 16.6. The Morgan fingerprint density at radius 2 is 1.79 bits per heavy atom. The first-order chi connectivity index (χ1) is 13.3. The Bertz CT molecular complexity index is 959. The summed E-state index contributed by atoms with van der Waals surface area (Å²) in [5.41, 5.74) is 6.30. The third kappa shape index (κ3) is 5.19. The molecule has 146 valence electrons. The minimum atomic E-state index is 0.0158. The highest BCUT2D eigenvalue weighted by molar-refractivity contribution is 7.09. The predicted molar refractivity (Wildman–Crippen MR) is 117 cm³/mol. The highest BCUT2D eigenvalue weighted by atomic mass is 35.5. The lowest BCUT2D eigenvalue weighted by atomic mass is 10.1. The molecule has 1 unspecified atom stereocenters. The molecule has 3 aromatic rings. The van der Waals surface area contributed by atoms with Gasteiger partial charge in [-0.3, -0.25) is 4.79 Å². The fourth-order valence-corrected chi connectivity index (χ4v) is 4.34. The van der Waals surface area contributed by atoms with Crippen molar-refractivity contribution < 1.29 is 9.69 Å².